The number of nitrogens with one attached hydrogen (secondary N) is 1. The molecule has 1 amide bonds. The number of aryl methyl sites for hydroxylation is 2. The number of aromatic nitrogens is 1. The van der Waals surface area contributed by atoms with Crippen LogP contribution in [-0.2, 0) is 14.8 Å². The van der Waals surface area contributed by atoms with Gasteiger partial charge in [-0.1, -0.05) is 5.16 Å². The van der Waals surface area contributed by atoms with Crippen molar-refractivity contribution in [2.45, 2.75) is 31.6 Å². The molecule has 7 nitrogen and oxygen atoms in total. The molecule has 146 valence electrons. The summed E-state index contributed by atoms with van der Waals surface area (Å²) in [5.41, 5.74) is -0.0217. The average molecular weight is 399 g/mol. The van der Waals surface area contributed by atoms with E-state index in [0.717, 1.165) is 18.2 Å². The first-order valence-electron chi connectivity index (χ1n) is 8.39. The zero-order valence-electron chi connectivity index (χ0n) is 14.8. The number of hydrogen-bond acceptors (Lipinski definition) is 5. The van der Waals surface area contributed by atoms with E-state index in [1.54, 1.807) is 0 Å². The summed E-state index contributed by atoms with van der Waals surface area (Å²) in [6.07, 6.45) is 0.905. The Hall–Kier alpha value is -2.33. The molecule has 1 aliphatic rings. The number of benzene rings is 1. The first kappa shape index (κ1) is 19.4. The molecule has 1 atom stereocenters. The van der Waals surface area contributed by atoms with Gasteiger partial charge in [-0.15, -0.1) is 0 Å². The topological polar surface area (TPSA) is 92.5 Å². The fourth-order valence-electron chi connectivity index (χ4n) is 3.17. The van der Waals surface area contributed by atoms with E-state index in [1.807, 2.05) is 0 Å². The van der Waals surface area contributed by atoms with Crippen LogP contribution >= 0.6 is 0 Å². The first-order valence-corrected chi connectivity index (χ1v) is 9.83. The highest BCUT2D eigenvalue weighted by Crippen LogP contribution is 2.28. The molecule has 0 bridgehead atoms. The van der Waals surface area contributed by atoms with Gasteiger partial charge in [0, 0.05) is 19.2 Å². The third-order valence-electron chi connectivity index (χ3n) is 4.51. The lowest BCUT2D eigenvalue weighted by molar-refractivity contribution is -0.120. The number of nitrogens with zero attached hydrogens (tertiary/aromatic N) is 2. The summed E-state index contributed by atoms with van der Waals surface area (Å²) in [7, 11) is -3.87. The van der Waals surface area contributed by atoms with Crippen molar-refractivity contribution in [3.63, 3.8) is 0 Å². The van der Waals surface area contributed by atoms with Gasteiger partial charge in [0.25, 0.3) is 0 Å². The molecule has 0 saturated carbocycles. The van der Waals surface area contributed by atoms with Gasteiger partial charge in [-0.25, -0.2) is 17.2 Å². The van der Waals surface area contributed by atoms with Crippen molar-refractivity contribution in [3.05, 3.63) is 41.3 Å². The molecule has 1 aliphatic heterocycles. The second-order valence-corrected chi connectivity index (χ2v) is 8.34. The summed E-state index contributed by atoms with van der Waals surface area (Å²) in [6.45, 7) is 3.23. The van der Waals surface area contributed by atoms with Gasteiger partial charge >= 0.3 is 0 Å². The number of amides is 1. The first-order chi connectivity index (χ1) is 12.7. The van der Waals surface area contributed by atoms with Crippen LogP contribution < -0.4 is 5.32 Å². The Bertz CT molecular complexity index is 955. The lowest BCUT2D eigenvalue weighted by atomic mass is 9.98. The molecular formula is C17H19F2N3O4S. The molecule has 0 aliphatic carbocycles. The van der Waals surface area contributed by atoms with E-state index in [1.165, 1.54) is 18.2 Å². The number of halogens is 2. The molecule has 2 heterocycles. The maximum Gasteiger partial charge on any atom is 0.248 e. The number of piperidine rings is 1. The number of carbonyl (C=O) groups is 1. The molecule has 10 heteroatoms. The van der Waals surface area contributed by atoms with Crippen molar-refractivity contribution in [1.82, 2.24) is 9.46 Å². The van der Waals surface area contributed by atoms with E-state index in [-0.39, 0.29) is 35.1 Å². The van der Waals surface area contributed by atoms with Crippen molar-refractivity contribution in [1.29, 1.82) is 0 Å². The lowest BCUT2D eigenvalue weighted by Gasteiger charge is -2.31. The molecule has 1 fully saturated rings. The van der Waals surface area contributed by atoms with E-state index in [4.69, 9.17) is 4.52 Å². The van der Waals surface area contributed by atoms with Crippen LogP contribution in [0.25, 0.3) is 0 Å². The fourth-order valence-corrected chi connectivity index (χ4v) is 4.99. The maximum atomic E-state index is 13.7. The average Bonchev–Trinajstić information content (AvgIpc) is 2.97. The van der Waals surface area contributed by atoms with Gasteiger partial charge in [0.2, 0.25) is 15.9 Å². The summed E-state index contributed by atoms with van der Waals surface area (Å²) in [6, 6.07) is 2.75. The number of sulfonamides is 1. The minimum atomic E-state index is -3.87. The standard InChI is InChI=1S/C17H19F2N3O4S/c1-10-16(11(2)26-21-10)27(24,25)22-7-3-4-12(9-22)17(23)20-15-8-13(18)5-6-14(15)19/h5-6,8,12H,3-4,7,9H2,1-2H3,(H,20,23)/t12-/m1/s1. The highest BCUT2D eigenvalue weighted by atomic mass is 32.2. The number of carbonyl (C=O) groups excluding carboxylic acids is 1. The fraction of sp³-hybridized carbons (Fsp3) is 0.412. The molecular weight excluding hydrogens is 380 g/mol. The van der Waals surface area contributed by atoms with Gasteiger partial charge < -0.3 is 9.84 Å². The normalized spacial score (nSPS) is 18.4. The monoisotopic (exact) mass is 399 g/mol. The summed E-state index contributed by atoms with van der Waals surface area (Å²) < 4.78 is 58.9. The van der Waals surface area contributed by atoms with Gasteiger partial charge in [0.05, 0.1) is 11.6 Å². The predicted octanol–water partition coefficient (Wildman–Crippen LogP) is 2.61. The smallest absolute Gasteiger partial charge is 0.248 e. The van der Waals surface area contributed by atoms with Gasteiger partial charge in [-0.05, 0) is 38.8 Å². The lowest BCUT2D eigenvalue weighted by Crippen LogP contribution is -2.44. The van der Waals surface area contributed by atoms with Crippen LogP contribution in [0.2, 0.25) is 0 Å². The van der Waals surface area contributed by atoms with Crippen LogP contribution in [0.4, 0.5) is 14.5 Å². The van der Waals surface area contributed by atoms with Crippen LogP contribution in [0.3, 0.4) is 0 Å². The van der Waals surface area contributed by atoms with Crippen LogP contribution in [0.15, 0.2) is 27.6 Å². The Balaban J connectivity index is 1.78. The van der Waals surface area contributed by atoms with Gasteiger partial charge in [0.1, 0.15) is 22.2 Å². The summed E-state index contributed by atoms with van der Waals surface area (Å²) in [5, 5.41) is 6.01. The van der Waals surface area contributed by atoms with Crippen molar-refractivity contribution in [2.75, 3.05) is 18.4 Å². The van der Waals surface area contributed by atoms with Gasteiger partial charge in [-0.3, -0.25) is 4.79 Å². The summed E-state index contributed by atoms with van der Waals surface area (Å²) in [4.78, 5) is 12.5. The minimum absolute atomic E-state index is 0.000247. The number of hydrogen-bond donors (Lipinski definition) is 1. The Morgan fingerprint density at radius 2 is 2.07 bits per heavy atom. The Morgan fingerprint density at radius 3 is 2.74 bits per heavy atom. The third-order valence-corrected chi connectivity index (χ3v) is 6.62. The summed E-state index contributed by atoms with van der Waals surface area (Å²) >= 11 is 0. The molecule has 2 aromatic rings. The third kappa shape index (κ3) is 3.86. The van der Waals surface area contributed by atoms with E-state index in [9.17, 15) is 22.0 Å². The number of anilines is 1. The second kappa shape index (κ2) is 7.35. The molecule has 27 heavy (non-hydrogen) atoms. The Morgan fingerprint density at radius 1 is 1.33 bits per heavy atom. The zero-order chi connectivity index (χ0) is 19.8. The number of rotatable bonds is 4. The van der Waals surface area contributed by atoms with Crippen molar-refractivity contribution in [2.24, 2.45) is 5.92 Å². The molecule has 1 aromatic carbocycles. The van der Waals surface area contributed by atoms with Crippen LogP contribution in [0, 0.1) is 31.4 Å². The molecule has 1 aromatic heterocycles. The van der Waals surface area contributed by atoms with Crippen molar-refractivity contribution < 1.29 is 26.5 Å². The zero-order valence-corrected chi connectivity index (χ0v) is 15.6. The van der Waals surface area contributed by atoms with Gasteiger partial charge in [-0.2, -0.15) is 4.31 Å². The SMILES string of the molecule is Cc1noc(C)c1S(=O)(=O)N1CCC[C@@H](C(=O)Nc2cc(F)ccc2F)C1. The maximum absolute atomic E-state index is 13.7. The van der Waals surface area contributed by atoms with E-state index in [0.29, 0.717) is 12.8 Å². The van der Waals surface area contributed by atoms with Crippen LogP contribution in [0.1, 0.15) is 24.3 Å². The molecule has 0 radical (unpaired) electrons. The summed E-state index contributed by atoms with van der Waals surface area (Å²) in [5.74, 6) is -2.51. The van der Waals surface area contributed by atoms with E-state index in [2.05, 4.69) is 10.5 Å². The minimum Gasteiger partial charge on any atom is -0.360 e. The van der Waals surface area contributed by atoms with Crippen LogP contribution in [0.5, 0.6) is 0 Å². The van der Waals surface area contributed by atoms with E-state index >= 15 is 0 Å². The largest absolute Gasteiger partial charge is 0.360 e. The van der Waals surface area contributed by atoms with Gasteiger partial charge in [0.15, 0.2) is 5.76 Å². The molecule has 0 spiro atoms. The van der Waals surface area contributed by atoms with Crippen molar-refractivity contribution in [3.8, 4) is 0 Å². The predicted molar refractivity (Wildman–Crippen MR) is 92.4 cm³/mol. The molecule has 1 saturated heterocycles. The highest BCUT2D eigenvalue weighted by molar-refractivity contribution is 7.89. The quantitative estimate of drug-likeness (QED) is 0.853. The van der Waals surface area contributed by atoms with E-state index < -0.39 is 33.5 Å². The second-order valence-electron chi connectivity index (χ2n) is 6.47. The molecule has 0 unspecified atom stereocenters. The Labute approximate surface area is 155 Å². The van der Waals surface area contributed by atoms with Crippen LogP contribution in [-0.4, -0.2) is 36.9 Å². The molecule has 1 N–H and O–H groups in total. The van der Waals surface area contributed by atoms with Crippen molar-refractivity contribution >= 4 is 21.6 Å². The molecule has 3 rings (SSSR count). The highest BCUT2D eigenvalue weighted by Gasteiger charge is 2.36. The Kier molecular flexibility index (Phi) is 5.29.